The van der Waals surface area contributed by atoms with Gasteiger partial charge in [0.25, 0.3) is 0 Å². The van der Waals surface area contributed by atoms with Crippen molar-refractivity contribution < 1.29 is 4.74 Å². The minimum atomic E-state index is 0.201. The minimum Gasteiger partial charge on any atom is -0.375 e. The zero-order valence-corrected chi connectivity index (χ0v) is 9.84. The molecule has 0 unspecified atom stereocenters. The fourth-order valence-corrected chi connectivity index (χ4v) is 2.95. The van der Waals surface area contributed by atoms with Gasteiger partial charge in [0.2, 0.25) is 0 Å². The maximum absolute atomic E-state index is 6.17. The average Bonchev–Trinajstić information content (AvgIpc) is 2.23. The molecule has 0 heterocycles. The lowest BCUT2D eigenvalue weighted by Gasteiger charge is -2.42. The van der Waals surface area contributed by atoms with E-state index in [1.165, 1.54) is 51.4 Å². The van der Waals surface area contributed by atoms with E-state index < -0.39 is 0 Å². The van der Waals surface area contributed by atoms with Crippen LogP contribution in [-0.2, 0) is 4.74 Å². The van der Waals surface area contributed by atoms with E-state index in [4.69, 9.17) is 10.5 Å². The van der Waals surface area contributed by atoms with Gasteiger partial charge >= 0.3 is 0 Å². The predicted molar refractivity (Wildman–Crippen MR) is 62.8 cm³/mol. The van der Waals surface area contributed by atoms with Crippen LogP contribution in [0.1, 0.15) is 57.8 Å². The van der Waals surface area contributed by atoms with Crippen molar-refractivity contribution in [2.75, 3.05) is 13.2 Å². The molecule has 0 saturated heterocycles. The molecule has 0 bridgehead atoms. The summed E-state index contributed by atoms with van der Waals surface area (Å²) in [6, 6.07) is 0. The van der Waals surface area contributed by atoms with Crippen LogP contribution in [0.15, 0.2) is 0 Å². The Hall–Kier alpha value is -0.0800. The summed E-state index contributed by atoms with van der Waals surface area (Å²) in [6.07, 6.45) is 11.9. The summed E-state index contributed by atoms with van der Waals surface area (Å²) < 4.78 is 6.17. The highest BCUT2D eigenvalue weighted by molar-refractivity contribution is 4.90. The molecule has 0 amide bonds. The zero-order valence-electron chi connectivity index (χ0n) is 9.84. The van der Waals surface area contributed by atoms with E-state index in [0.717, 1.165) is 25.5 Å². The van der Waals surface area contributed by atoms with Gasteiger partial charge in [0.05, 0.1) is 12.2 Å². The molecular weight excluding hydrogens is 186 g/mol. The number of hydrogen-bond acceptors (Lipinski definition) is 2. The van der Waals surface area contributed by atoms with Crippen molar-refractivity contribution in [3.63, 3.8) is 0 Å². The summed E-state index contributed by atoms with van der Waals surface area (Å²) in [6.45, 7) is 1.78. The fourth-order valence-electron chi connectivity index (χ4n) is 2.95. The summed E-state index contributed by atoms with van der Waals surface area (Å²) in [7, 11) is 0. The third kappa shape index (κ3) is 2.94. The SMILES string of the molecule is NCCC1(OCC2CCCCC2)CCC1. The first-order chi connectivity index (χ1) is 7.35. The zero-order chi connectivity index (χ0) is 10.6. The molecule has 2 aliphatic carbocycles. The van der Waals surface area contributed by atoms with Gasteiger partial charge in [-0.2, -0.15) is 0 Å². The van der Waals surface area contributed by atoms with Crippen LogP contribution < -0.4 is 5.73 Å². The Kier molecular flexibility index (Phi) is 4.04. The highest BCUT2D eigenvalue weighted by Gasteiger charge is 2.37. The minimum absolute atomic E-state index is 0.201. The second kappa shape index (κ2) is 5.31. The van der Waals surface area contributed by atoms with Crippen LogP contribution in [0.4, 0.5) is 0 Å². The largest absolute Gasteiger partial charge is 0.375 e. The Bertz CT molecular complexity index is 183. The van der Waals surface area contributed by atoms with E-state index in [9.17, 15) is 0 Å². The molecule has 2 heteroatoms. The lowest BCUT2D eigenvalue weighted by atomic mass is 9.77. The molecular formula is C13H25NO. The molecule has 0 aromatic heterocycles. The molecule has 0 aliphatic heterocycles. The van der Waals surface area contributed by atoms with Crippen LogP contribution >= 0.6 is 0 Å². The van der Waals surface area contributed by atoms with Crippen molar-refractivity contribution in [2.24, 2.45) is 11.7 Å². The fraction of sp³-hybridized carbons (Fsp3) is 1.00. The van der Waals surface area contributed by atoms with Gasteiger partial charge in [-0.1, -0.05) is 19.3 Å². The Morgan fingerprint density at radius 3 is 2.33 bits per heavy atom. The summed E-state index contributed by atoms with van der Waals surface area (Å²) >= 11 is 0. The molecule has 88 valence electrons. The molecule has 0 spiro atoms. The quantitative estimate of drug-likeness (QED) is 0.759. The molecule has 2 nitrogen and oxygen atoms in total. The number of ether oxygens (including phenoxy) is 1. The molecule has 0 aromatic carbocycles. The molecule has 0 radical (unpaired) electrons. The van der Waals surface area contributed by atoms with Crippen molar-refractivity contribution in [1.29, 1.82) is 0 Å². The highest BCUT2D eigenvalue weighted by atomic mass is 16.5. The Balaban J connectivity index is 1.70. The lowest BCUT2D eigenvalue weighted by molar-refractivity contribution is -0.117. The summed E-state index contributed by atoms with van der Waals surface area (Å²) in [4.78, 5) is 0. The first-order valence-corrected chi connectivity index (χ1v) is 6.69. The third-order valence-corrected chi connectivity index (χ3v) is 4.21. The monoisotopic (exact) mass is 211 g/mol. The Morgan fingerprint density at radius 1 is 1.07 bits per heavy atom. The van der Waals surface area contributed by atoms with Crippen molar-refractivity contribution in [1.82, 2.24) is 0 Å². The summed E-state index contributed by atoms with van der Waals surface area (Å²) in [5.41, 5.74) is 5.85. The van der Waals surface area contributed by atoms with Crippen molar-refractivity contribution in [2.45, 2.75) is 63.4 Å². The topological polar surface area (TPSA) is 35.2 Å². The number of rotatable bonds is 5. The van der Waals surface area contributed by atoms with Gasteiger partial charge in [-0.25, -0.2) is 0 Å². The standard InChI is InChI=1S/C13H25NO/c14-10-9-13(7-4-8-13)15-11-12-5-2-1-3-6-12/h12H,1-11,14H2. The smallest absolute Gasteiger partial charge is 0.0694 e. The number of nitrogens with two attached hydrogens (primary N) is 1. The Labute approximate surface area is 93.6 Å². The van der Waals surface area contributed by atoms with E-state index in [-0.39, 0.29) is 5.60 Å². The third-order valence-electron chi connectivity index (χ3n) is 4.21. The first-order valence-electron chi connectivity index (χ1n) is 6.69. The lowest BCUT2D eigenvalue weighted by Crippen LogP contribution is -2.43. The van der Waals surface area contributed by atoms with Crippen molar-refractivity contribution in [3.8, 4) is 0 Å². The van der Waals surface area contributed by atoms with E-state index in [1.807, 2.05) is 0 Å². The van der Waals surface area contributed by atoms with Gasteiger partial charge in [0, 0.05) is 0 Å². The second-order valence-electron chi connectivity index (χ2n) is 5.39. The summed E-state index contributed by atoms with van der Waals surface area (Å²) in [5, 5.41) is 0. The Morgan fingerprint density at radius 2 is 1.80 bits per heavy atom. The van der Waals surface area contributed by atoms with Gasteiger partial charge in [-0.3, -0.25) is 0 Å². The maximum atomic E-state index is 6.17. The van der Waals surface area contributed by atoms with Gasteiger partial charge in [0.1, 0.15) is 0 Å². The van der Waals surface area contributed by atoms with E-state index in [1.54, 1.807) is 0 Å². The van der Waals surface area contributed by atoms with E-state index in [2.05, 4.69) is 0 Å². The predicted octanol–water partition coefficient (Wildman–Crippen LogP) is 2.85. The molecule has 15 heavy (non-hydrogen) atoms. The van der Waals surface area contributed by atoms with Crippen molar-refractivity contribution in [3.05, 3.63) is 0 Å². The normalized spacial score (nSPS) is 26.2. The maximum Gasteiger partial charge on any atom is 0.0694 e. The first kappa shape index (κ1) is 11.4. The second-order valence-corrected chi connectivity index (χ2v) is 5.39. The van der Waals surface area contributed by atoms with Crippen LogP contribution in [0.2, 0.25) is 0 Å². The molecule has 0 atom stereocenters. The molecule has 2 N–H and O–H groups in total. The average molecular weight is 211 g/mol. The van der Waals surface area contributed by atoms with Crippen LogP contribution in [0.5, 0.6) is 0 Å². The van der Waals surface area contributed by atoms with Gasteiger partial charge in [0.15, 0.2) is 0 Å². The highest BCUT2D eigenvalue weighted by Crippen LogP contribution is 2.39. The molecule has 2 saturated carbocycles. The molecule has 2 aliphatic rings. The van der Waals surface area contributed by atoms with E-state index in [0.29, 0.717) is 0 Å². The molecule has 2 fully saturated rings. The summed E-state index contributed by atoms with van der Waals surface area (Å²) in [5.74, 6) is 0.842. The number of hydrogen-bond donors (Lipinski definition) is 1. The molecule has 2 rings (SSSR count). The van der Waals surface area contributed by atoms with Crippen LogP contribution in [0.25, 0.3) is 0 Å². The van der Waals surface area contributed by atoms with Crippen LogP contribution in [0.3, 0.4) is 0 Å². The van der Waals surface area contributed by atoms with Gasteiger partial charge < -0.3 is 10.5 Å². The van der Waals surface area contributed by atoms with Gasteiger partial charge in [-0.05, 0) is 51.0 Å². The van der Waals surface area contributed by atoms with E-state index >= 15 is 0 Å². The van der Waals surface area contributed by atoms with Crippen LogP contribution in [0, 0.1) is 5.92 Å². The van der Waals surface area contributed by atoms with Crippen LogP contribution in [-0.4, -0.2) is 18.8 Å². The molecule has 0 aromatic rings. The van der Waals surface area contributed by atoms with Crippen molar-refractivity contribution >= 4 is 0 Å². The van der Waals surface area contributed by atoms with Gasteiger partial charge in [-0.15, -0.1) is 0 Å².